The number of amides is 1. The number of carbonyl (C=O) groups is 1. The standard InChI is InChI=1S/C13H20N2O4S/c1-4-7-15-13(16)9(2)20(17,18)12-6-5-10(14)8-11(12)19-3/h5-6,8-9H,4,7,14H2,1-3H3,(H,15,16). The number of anilines is 1. The zero-order valence-electron chi connectivity index (χ0n) is 11.8. The molecule has 0 bridgehead atoms. The van der Waals surface area contributed by atoms with E-state index in [0.29, 0.717) is 12.2 Å². The molecule has 7 heteroatoms. The fourth-order valence-corrected chi connectivity index (χ4v) is 3.07. The van der Waals surface area contributed by atoms with Crippen LogP contribution >= 0.6 is 0 Å². The molecule has 0 aliphatic carbocycles. The predicted molar refractivity (Wildman–Crippen MR) is 77.4 cm³/mol. The molecule has 20 heavy (non-hydrogen) atoms. The highest BCUT2D eigenvalue weighted by Crippen LogP contribution is 2.29. The topological polar surface area (TPSA) is 98.5 Å². The molecule has 1 aromatic rings. The minimum atomic E-state index is -3.82. The number of rotatable bonds is 6. The molecule has 1 aromatic carbocycles. The van der Waals surface area contributed by atoms with Crippen molar-refractivity contribution in [3.05, 3.63) is 18.2 Å². The second kappa shape index (κ2) is 6.60. The van der Waals surface area contributed by atoms with E-state index in [2.05, 4.69) is 5.32 Å². The monoisotopic (exact) mass is 300 g/mol. The summed E-state index contributed by atoms with van der Waals surface area (Å²) in [5.74, 6) is -0.383. The summed E-state index contributed by atoms with van der Waals surface area (Å²) in [6.07, 6.45) is 0.740. The Kier molecular flexibility index (Phi) is 5.38. The number of hydrogen-bond donors (Lipinski definition) is 2. The van der Waals surface area contributed by atoms with Crippen molar-refractivity contribution >= 4 is 21.4 Å². The van der Waals surface area contributed by atoms with E-state index in [9.17, 15) is 13.2 Å². The summed E-state index contributed by atoms with van der Waals surface area (Å²) in [5.41, 5.74) is 5.99. The van der Waals surface area contributed by atoms with Gasteiger partial charge in [-0.3, -0.25) is 4.79 Å². The number of nitrogens with one attached hydrogen (secondary N) is 1. The van der Waals surface area contributed by atoms with Crippen molar-refractivity contribution in [2.45, 2.75) is 30.4 Å². The van der Waals surface area contributed by atoms with Gasteiger partial charge in [0.1, 0.15) is 15.9 Å². The summed E-state index contributed by atoms with van der Waals surface area (Å²) in [4.78, 5) is 11.8. The smallest absolute Gasteiger partial charge is 0.238 e. The summed E-state index contributed by atoms with van der Waals surface area (Å²) < 4.78 is 29.9. The van der Waals surface area contributed by atoms with Gasteiger partial charge >= 0.3 is 0 Å². The molecule has 1 amide bonds. The number of sulfone groups is 1. The van der Waals surface area contributed by atoms with Crippen LogP contribution in [0.5, 0.6) is 5.75 Å². The summed E-state index contributed by atoms with van der Waals surface area (Å²) >= 11 is 0. The van der Waals surface area contributed by atoms with Gasteiger partial charge in [0.25, 0.3) is 0 Å². The normalized spacial score (nSPS) is 12.8. The van der Waals surface area contributed by atoms with E-state index in [-0.39, 0.29) is 10.6 Å². The summed E-state index contributed by atoms with van der Waals surface area (Å²) in [6.45, 7) is 3.69. The average molecular weight is 300 g/mol. The van der Waals surface area contributed by atoms with Gasteiger partial charge in [-0.1, -0.05) is 6.92 Å². The van der Waals surface area contributed by atoms with E-state index < -0.39 is 21.0 Å². The molecular weight excluding hydrogens is 280 g/mol. The van der Waals surface area contributed by atoms with Crippen LogP contribution in [0.25, 0.3) is 0 Å². The van der Waals surface area contributed by atoms with Crippen molar-refractivity contribution < 1.29 is 17.9 Å². The third-order valence-electron chi connectivity index (χ3n) is 2.88. The van der Waals surface area contributed by atoms with Crippen molar-refractivity contribution in [1.29, 1.82) is 0 Å². The largest absolute Gasteiger partial charge is 0.495 e. The number of carbonyl (C=O) groups excluding carboxylic acids is 1. The lowest BCUT2D eigenvalue weighted by Crippen LogP contribution is -2.38. The van der Waals surface area contributed by atoms with Crippen molar-refractivity contribution in [2.24, 2.45) is 0 Å². The first-order chi connectivity index (χ1) is 9.34. The third-order valence-corrected chi connectivity index (χ3v) is 4.97. The molecule has 0 aliphatic rings. The predicted octanol–water partition coefficient (Wildman–Crippen LogP) is 0.966. The number of hydrogen-bond acceptors (Lipinski definition) is 5. The Bertz CT molecular complexity index is 584. The molecule has 0 aliphatic heterocycles. The fourth-order valence-electron chi connectivity index (χ4n) is 1.64. The van der Waals surface area contributed by atoms with Crippen LogP contribution in [0.3, 0.4) is 0 Å². The number of methoxy groups -OCH3 is 1. The number of ether oxygens (including phenoxy) is 1. The highest BCUT2D eigenvalue weighted by molar-refractivity contribution is 7.92. The molecule has 112 valence electrons. The lowest BCUT2D eigenvalue weighted by Gasteiger charge is -2.15. The van der Waals surface area contributed by atoms with Crippen molar-refractivity contribution in [3.63, 3.8) is 0 Å². The number of benzene rings is 1. The Morgan fingerprint density at radius 1 is 1.45 bits per heavy atom. The molecule has 1 rings (SSSR count). The van der Waals surface area contributed by atoms with Crippen LogP contribution in [-0.2, 0) is 14.6 Å². The van der Waals surface area contributed by atoms with Crippen LogP contribution in [-0.4, -0.2) is 33.2 Å². The maximum atomic E-state index is 12.4. The maximum Gasteiger partial charge on any atom is 0.238 e. The van der Waals surface area contributed by atoms with Crippen LogP contribution in [0, 0.1) is 0 Å². The van der Waals surface area contributed by atoms with Gasteiger partial charge in [-0.05, 0) is 25.5 Å². The molecule has 0 saturated carbocycles. The Hall–Kier alpha value is -1.76. The van der Waals surface area contributed by atoms with Crippen LogP contribution in [0.4, 0.5) is 5.69 Å². The molecule has 0 spiro atoms. The molecule has 6 nitrogen and oxygen atoms in total. The first-order valence-electron chi connectivity index (χ1n) is 6.29. The van der Waals surface area contributed by atoms with Gasteiger partial charge in [0.15, 0.2) is 9.84 Å². The minimum absolute atomic E-state index is 0.0339. The van der Waals surface area contributed by atoms with Gasteiger partial charge in [-0.25, -0.2) is 8.42 Å². The van der Waals surface area contributed by atoms with Crippen LogP contribution in [0.2, 0.25) is 0 Å². The number of nitrogen functional groups attached to an aromatic ring is 1. The molecular formula is C13H20N2O4S. The van der Waals surface area contributed by atoms with E-state index >= 15 is 0 Å². The first kappa shape index (κ1) is 16.3. The quantitative estimate of drug-likeness (QED) is 0.763. The van der Waals surface area contributed by atoms with Gasteiger partial charge in [-0.2, -0.15) is 0 Å². The summed E-state index contributed by atoms with van der Waals surface area (Å²) in [5, 5.41) is 1.38. The van der Waals surface area contributed by atoms with Gasteiger partial charge < -0.3 is 15.8 Å². The van der Waals surface area contributed by atoms with E-state index in [1.807, 2.05) is 6.92 Å². The van der Waals surface area contributed by atoms with Crippen LogP contribution < -0.4 is 15.8 Å². The molecule has 3 N–H and O–H groups in total. The zero-order chi connectivity index (χ0) is 15.3. The Labute approximate surface area is 119 Å². The van der Waals surface area contributed by atoms with E-state index in [0.717, 1.165) is 6.42 Å². The molecule has 1 atom stereocenters. The molecule has 0 aromatic heterocycles. The van der Waals surface area contributed by atoms with Crippen molar-refractivity contribution in [3.8, 4) is 5.75 Å². The SMILES string of the molecule is CCCNC(=O)C(C)S(=O)(=O)c1ccc(N)cc1OC. The summed E-state index contributed by atoms with van der Waals surface area (Å²) in [7, 11) is -2.46. The van der Waals surface area contributed by atoms with Gasteiger partial charge in [0.05, 0.1) is 7.11 Å². The minimum Gasteiger partial charge on any atom is -0.495 e. The molecule has 0 saturated heterocycles. The second-order valence-corrected chi connectivity index (χ2v) is 6.63. The van der Waals surface area contributed by atoms with Crippen molar-refractivity contribution in [1.82, 2.24) is 5.32 Å². The zero-order valence-corrected chi connectivity index (χ0v) is 12.7. The van der Waals surface area contributed by atoms with Crippen LogP contribution in [0.15, 0.2) is 23.1 Å². The average Bonchev–Trinajstić information content (AvgIpc) is 2.43. The third kappa shape index (κ3) is 3.41. The van der Waals surface area contributed by atoms with Gasteiger partial charge in [0.2, 0.25) is 5.91 Å². The molecule has 0 fully saturated rings. The lowest BCUT2D eigenvalue weighted by atomic mass is 10.3. The Balaban J connectivity index is 3.13. The first-order valence-corrected chi connectivity index (χ1v) is 7.84. The Morgan fingerprint density at radius 3 is 2.65 bits per heavy atom. The van der Waals surface area contributed by atoms with Gasteiger partial charge in [0, 0.05) is 18.3 Å². The van der Waals surface area contributed by atoms with E-state index in [1.54, 1.807) is 0 Å². The lowest BCUT2D eigenvalue weighted by molar-refractivity contribution is -0.120. The number of nitrogens with two attached hydrogens (primary N) is 1. The maximum absolute atomic E-state index is 12.4. The van der Waals surface area contributed by atoms with E-state index in [1.165, 1.54) is 32.2 Å². The van der Waals surface area contributed by atoms with Crippen molar-refractivity contribution in [2.75, 3.05) is 19.4 Å². The van der Waals surface area contributed by atoms with Crippen LogP contribution in [0.1, 0.15) is 20.3 Å². The van der Waals surface area contributed by atoms with E-state index in [4.69, 9.17) is 10.5 Å². The molecule has 0 heterocycles. The summed E-state index contributed by atoms with van der Waals surface area (Å²) in [6, 6.07) is 4.24. The van der Waals surface area contributed by atoms with Gasteiger partial charge in [-0.15, -0.1) is 0 Å². The highest BCUT2D eigenvalue weighted by atomic mass is 32.2. The molecule has 0 radical (unpaired) electrons. The highest BCUT2D eigenvalue weighted by Gasteiger charge is 2.31. The molecule has 1 unspecified atom stereocenters. The Morgan fingerprint density at radius 2 is 2.10 bits per heavy atom. The fraction of sp³-hybridized carbons (Fsp3) is 0.462. The second-order valence-electron chi connectivity index (χ2n) is 4.39.